The first-order valence-electron chi connectivity index (χ1n) is 6.61. The quantitative estimate of drug-likeness (QED) is 0.508. The Morgan fingerprint density at radius 3 is 2.67 bits per heavy atom. The average molecular weight is 302 g/mol. The van der Waals surface area contributed by atoms with Gasteiger partial charge >= 0.3 is 6.18 Å². The maximum absolute atomic E-state index is 12.7. The van der Waals surface area contributed by atoms with E-state index in [0.717, 1.165) is 18.9 Å². The normalized spacial score (nSPS) is 22.1. The van der Waals surface area contributed by atoms with E-state index in [1.807, 2.05) is 5.43 Å². The summed E-state index contributed by atoms with van der Waals surface area (Å²) in [5.74, 6) is 5.31. The van der Waals surface area contributed by atoms with Crippen molar-refractivity contribution in [3.8, 4) is 5.88 Å². The summed E-state index contributed by atoms with van der Waals surface area (Å²) in [5.41, 5.74) is 0.927. The summed E-state index contributed by atoms with van der Waals surface area (Å²) < 4.78 is 43.6. The molecule has 2 atom stereocenters. The minimum absolute atomic E-state index is 0.132. The van der Waals surface area contributed by atoms with Gasteiger partial charge in [0.05, 0.1) is 6.61 Å². The minimum Gasteiger partial charge on any atom is -0.477 e. The second-order valence-corrected chi connectivity index (χ2v) is 5.05. The number of nitrogens with zero attached hydrogens (tertiary/aromatic N) is 2. The zero-order chi connectivity index (χ0) is 15.5. The highest BCUT2D eigenvalue weighted by molar-refractivity contribution is 5.30. The SMILES string of the molecule is CC1CC=CCC1COc1cc(C(F)(F)F)nc(NN)n1. The number of nitrogen functional groups attached to an aromatic ring is 1. The van der Waals surface area contributed by atoms with E-state index >= 15 is 0 Å². The lowest BCUT2D eigenvalue weighted by molar-refractivity contribution is -0.141. The molecule has 1 aromatic rings. The third-order valence-electron chi connectivity index (χ3n) is 3.49. The highest BCUT2D eigenvalue weighted by atomic mass is 19.4. The number of hydrogen-bond acceptors (Lipinski definition) is 5. The van der Waals surface area contributed by atoms with Crippen LogP contribution in [0.1, 0.15) is 25.5 Å². The van der Waals surface area contributed by atoms with Crippen LogP contribution >= 0.6 is 0 Å². The van der Waals surface area contributed by atoms with E-state index in [1.165, 1.54) is 0 Å². The smallest absolute Gasteiger partial charge is 0.433 e. The van der Waals surface area contributed by atoms with Crippen LogP contribution in [0.2, 0.25) is 0 Å². The number of anilines is 1. The van der Waals surface area contributed by atoms with E-state index in [4.69, 9.17) is 10.6 Å². The van der Waals surface area contributed by atoms with Crippen molar-refractivity contribution in [3.05, 3.63) is 23.9 Å². The lowest BCUT2D eigenvalue weighted by atomic mass is 9.85. The maximum Gasteiger partial charge on any atom is 0.433 e. The van der Waals surface area contributed by atoms with Crippen LogP contribution < -0.4 is 16.0 Å². The van der Waals surface area contributed by atoms with Crippen LogP contribution in [-0.2, 0) is 6.18 Å². The van der Waals surface area contributed by atoms with Gasteiger partial charge in [0, 0.05) is 6.07 Å². The summed E-state index contributed by atoms with van der Waals surface area (Å²) in [6.07, 6.45) is 1.38. The molecule has 0 bridgehead atoms. The molecule has 1 aliphatic carbocycles. The summed E-state index contributed by atoms with van der Waals surface area (Å²) in [4.78, 5) is 7.06. The fourth-order valence-corrected chi connectivity index (χ4v) is 2.14. The Bertz CT molecular complexity index is 519. The molecule has 0 aliphatic heterocycles. The number of aromatic nitrogens is 2. The highest BCUT2D eigenvalue weighted by Gasteiger charge is 2.34. The van der Waals surface area contributed by atoms with E-state index < -0.39 is 11.9 Å². The lowest BCUT2D eigenvalue weighted by Crippen LogP contribution is -2.22. The topological polar surface area (TPSA) is 73.1 Å². The molecule has 1 heterocycles. The van der Waals surface area contributed by atoms with Gasteiger partial charge in [0.15, 0.2) is 5.69 Å². The summed E-state index contributed by atoms with van der Waals surface area (Å²) >= 11 is 0. The number of hydrazine groups is 1. The van der Waals surface area contributed by atoms with Crippen LogP contribution in [0.3, 0.4) is 0 Å². The monoisotopic (exact) mass is 302 g/mol. The highest BCUT2D eigenvalue weighted by Crippen LogP contribution is 2.31. The van der Waals surface area contributed by atoms with Crippen LogP contribution in [0.4, 0.5) is 19.1 Å². The molecule has 1 aliphatic rings. The van der Waals surface area contributed by atoms with Crippen molar-refractivity contribution in [1.82, 2.24) is 9.97 Å². The summed E-state index contributed by atoms with van der Waals surface area (Å²) in [6.45, 7) is 2.40. The molecule has 0 saturated carbocycles. The average Bonchev–Trinajstić information content (AvgIpc) is 2.45. The number of nitrogens with two attached hydrogens (primary N) is 1. The van der Waals surface area contributed by atoms with E-state index in [-0.39, 0.29) is 17.7 Å². The van der Waals surface area contributed by atoms with Gasteiger partial charge in [-0.05, 0) is 24.7 Å². The lowest BCUT2D eigenvalue weighted by Gasteiger charge is -2.25. The second kappa shape index (κ2) is 6.30. The summed E-state index contributed by atoms with van der Waals surface area (Å²) in [7, 11) is 0. The first kappa shape index (κ1) is 15.6. The minimum atomic E-state index is -4.58. The fraction of sp³-hybridized carbons (Fsp3) is 0.538. The van der Waals surface area contributed by atoms with Gasteiger partial charge in [0.2, 0.25) is 11.8 Å². The van der Waals surface area contributed by atoms with E-state index in [9.17, 15) is 13.2 Å². The van der Waals surface area contributed by atoms with Gasteiger partial charge in [-0.15, -0.1) is 0 Å². The van der Waals surface area contributed by atoms with Gasteiger partial charge in [-0.25, -0.2) is 10.8 Å². The summed E-state index contributed by atoms with van der Waals surface area (Å²) in [6, 6.07) is 0.782. The number of rotatable bonds is 4. The van der Waals surface area contributed by atoms with Gasteiger partial charge < -0.3 is 4.74 Å². The molecule has 0 radical (unpaired) electrons. The molecule has 8 heteroatoms. The molecule has 0 aromatic carbocycles. The Balaban J connectivity index is 2.10. The number of alkyl halides is 3. The molecule has 3 N–H and O–H groups in total. The molecule has 0 spiro atoms. The van der Waals surface area contributed by atoms with Gasteiger partial charge in [0.1, 0.15) is 0 Å². The van der Waals surface area contributed by atoms with E-state index in [0.29, 0.717) is 12.5 Å². The predicted octanol–water partition coefficient (Wildman–Crippen LogP) is 2.76. The first-order valence-corrected chi connectivity index (χ1v) is 6.61. The Hall–Kier alpha value is -1.83. The van der Waals surface area contributed by atoms with Gasteiger partial charge in [0.25, 0.3) is 0 Å². The van der Waals surface area contributed by atoms with E-state index in [1.54, 1.807) is 0 Å². The number of ether oxygens (including phenoxy) is 1. The van der Waals surface area contributed by atoms with Crippen molar-refractivity contribution in [2.24, 2.45) is 17.7 Å². The largest absolute Gasteiger partial charge is 0.477 e. The molecule has 2 rings (SSSR count). The molecular weight excluding hydrogens is 285 g/mol. The molecule has 0 saturated heterocycles. The first-order chi connectivity index (χ1) is 9.90. The van der Waals surface area contributed by atoms with Gasteiger partial charge in [-0.2, -0.15) is 18.2 Å². The van der Waals surface area contributed by atoms with Crippen molar-refractivity contribution in [1.29, 1.82) is 0 Å². The predicted molar refractivity (Wildman–Crippen MR) is 71.4 cm³/mol. The Labute approximate surface area is 120 Å². The standard InChI is InChI=1S/C13H17F3N4O/c1-8-4-2-3-5-9(8)7-21-11-6-10(13(14,15)16)18-12(19-11)20-17/h2-3,6,8-9H,4-5,7,17H2,1H3,(H,18,19,20). The zero-order valence-electron chi connectivity index (χ0n) is 11.5. The third-order valence-corrected chi connectivity index (χ3v) is 3.49. The van der Waals surface area contributed by atoms with Crippen LogP contribution in [0, 0.1) is 11.8 Å². The third kappa shape index (κ3) is 4.07. The van der Waals surface area contributed by atoms with E-state index in [2.05, 4.69) is 29.0 Å². The number of allylic oxidation sites excluding steroid dienone is 2. The molecule has 0 amide bonds. The van der Waals surface area contributed by atoms with Crippen molar-refractivity contribution >= 4 is 5.95 Å². The van der Waals surface area contributed by atoms with Crippen LogP contribution in [-0.4, -0.2) is 16.6 Å². The zero-order valence-corrected chi connectivity index (χ0v) is 11.5. The Morgan fingerprint density at radius 1 is 1.33 bits per heavy atom. The molecule has 1 aromatic heterocycles. The number of nitrogens with one attached hydrogen (secondary N) is 1. The van der Waals surface area contributed by atoms with Crippen LogP contribution in [0.25, 0.3) is 0 Å². The second-order valence-electron chi connectivity index (χ2n) is 5.05. The van der Waals surface area contributed by atoms with Crippen LogP contribution in [0.15, 0.2) is 18.2 Å². The van der Waals surface area contributed by atoms with Crippen molar-refractivity contribution < 1.29 is 17.9 Å². The van der Waals surface area contributed by atoms with Crippen LogP contribution in [0.5, 0.6) is 5.88 Å². The Kier molecular flexibility index (Phi) is 4.66. The van der Waals surface area contributed by atoms with Crippen molar-refractivity contribution in [2.45, 2.75) is 25.9 Å². The molecule has 21 heavy (non-hydrogen) atoms. The van der Waals surface area contributed by atoms with Gasteiger partial charge in [-0.1, -0.05) is 19.1 Å². The van der Waals surface area contributed by atoms with Crippen molar-refractivity contribution in [2.75, 3.05) is 12.0 Å². The molecule has 2 unspecified atom stereocenters. The fourth-order valence-electron chi connectivity index (χ4n) is 2.14. The van der Waals surface area contributed by atoms with Gasteiger partial charge in [-0.3, -0.25) is 5.43 Å². The Morgan fingerprint density at radius 2 is 2.05 bits per heavy atom. The van der Waals surface area contributed by atoms with Crippen molar-refractivity contribution in [3.63, 3.8) is 0 Å². The molecule has 116 valence electrons. The number of halogens is 3. The molecule has 5 nitrogen and oxygen atoms in total. The molecular formula is C13H17F3N4O. The maximum atomic E-state index is 12.7. The summed E-state index contributed by atoms with van der Waals surface area (Å²) in [5, 5.41) is 0. The number of hydrogen-bond donors (Lipinski definition) is 2. The molecule has 0 fully saturated rings.